The second-order valence-electron chi connectivity index (χ2n) is 5.89. The average molecular weight is 331 g/mol. The molecule has 124 valence electrons. The van der Waals surface area contributed by atoms with Crippen molar-refractivity contribution in [1.29, 1.82) is 0 Å². The number of likely N-dealkylation sites (N-methyl/N-ethyl adjacent to an activating group) is 1. The summed E-state index contributed by atoms with van der Waals surface area (Å²) >= 11 is 1.65. The SMILES string of the molecule is CCNCc1csc(Nc2ccc(N3CCN(C)CC3)cc2)n1. The molecule has 1 aromatic heterocycles. The third kappa shape index (κ3) is 4.43. The van der Waals surface area contributed by atoms with Crippen molar-refractivity contribution in [2.45, 2.75) is 13.5 Å². The first-order chi connectivity index (χ1) is 11.2. The highest BCUT2D eigenvalue weighted by molar-refractivity contribution is 7.13. The maximum Gasteiger partial charge on any atom is 0.187 e. The monoisotopic (exact) mass is 331 g/mol. The van der Waals surface area contributed by atoms with Crippen LogP contribution in [0.1, 0.15) is 12.6 Å². The highest BCUT2D eigenvalue weighted by Gasteiger charge is 2.14. The molecule has 2 N–H and O–H groups in total. The van der Waals surface area contributed by atoms with Gasteiger partial charge in [0, 0.05) is 49.5 Å². The number of aromatic nitrogens is 1. The van der Waals surface area contributed by atoms with Crippen LogP contribution in [0.4, 0.5) is 16.5 Å². The summed E-state index contributed by atoms with van der Waals surface area (Å²) in [5.41, 5.74) is 3.48. The third-order valence-corrected chi connectivity index (χ3v) is 4.90. The number of rotatable bonds is 6. The van der Waals surface area contributed by atoms with Crippen molar-refractivity contribution in [3.05, 3.63) is 35.3 Å². The van der Waals surface area contributed by atoms with Gasteiger partial charge in [-0.1, -0.05) is 6.92 Å². The Bertz CT molecular complexity index is 602. The topological polar surface area (TPSA) is 43.4 Å². The highest BCUT2D eigenvalue weighted by atomic mass is 32.1. The van der Waals surface area contributed by atoms with Crippen molar-refractivity contribution < 1.29 is 0 Å². The van der Waals surface area contributed by atoms with E-state index in [4.69, 9.17) is 0 Å². The summed E-state index contributed by atoms with van der Waals surface area (Å²) in [5.74, 6) is 0. The molecule has 23 heavy (non-hydrogen) atoms. The van der Waals surface area contributed by atoms with Gasteiger partial charge in [0.05, 0.1) is 5.69 Å². The Labute approximate surface area is 142 Å². The Morgan fingerprint density at radius 2 is 1.87 bits per heavy atom. The fourth-order valence-electron chi connectivity index (χ4n) is 2.64. The highest BCUT2D eigenvalue weighted by Crippen LogP contribution is 2.24. The molecule has 0 amide bonds. The van der Waals surface area contributed by atoms with Crippen LogP contribution in [0.2, 0.25) is 0 Å². The average Bonchev–Trinajstić information content (AvgIpc) is 3.02. The molecule has 0 spiro atoms. The van der Waals surface area contributed by atoms with Crippen LogP contribution in [0.5, 0.6) is 0 Å². The van der Waals surface area contributed by atoms with Crippen LogP contribution in [-0.4, -0.2) is 49.7 Å². The van der Waals surface area contributed by atoms with Gasteiger partial charge in [-0.15, -0.1) is 11.3 Å². The van der Waals surface area contributed by atoms with Crippen LogP contribution < -0.4 is 15.5 Å². The van der Waals surface area contributed by atoms with Crippen LogP contribution in [0.3, 0.4) is 0 Å². The minimum absolute atomic E-state index is 0.830. The number of thiazole rings is 1. The summed E-state index contributed by atoms with van der Waals surface area (Å²) in [5, 5.41) is 9.74. The number of hydrogen-bond acceptors (Lipinski definition) is 6. The minimum atomic E-state index is 0.830. The summed E-state index contributed by atoms with van der Waals surface area (Å²) in [4.78, 5) is 9.41. The van der Waals surface area contributed by atoms with Crippen molar-refractivity contribution in [2.75, 3.05) is 50.0 Å². The van der Waals surface area contributed by atoms with E-state index in [1.54, 1.807) is 11.3 Å². The van der Waals surface area contributed by atoms with Crippen molar-refractivity contribution >= 4 is 27.8 Å². The summed E-state index contributed by atoms with van der Waals surface area (Å²) in [6, 6.07) is 8.67. The third-order valence-electron chi connectivity index (χ3n) is 4.09. The van der Waals surface area contributed by atoms with E-state index in [2.05, 4.69) is 69.0 Å². The molecule has 5 nitrogen and oxygen atoms in total. The van der Waals surface area contributed by atoms with E-state index in [0.717, 1.165) is 55.8 Å². The molecule has 0 unspecified atom stereocenters. The number of piperazine rings is 1. The van der Waals surface area contributed by atoms with Crippen LogP contribution in [0.15, 0.2) is 29.6 Å². The van der Waals surface area contributed by atoms with Crippen molar-refractivity contribution in [3.63, 3.8) is 0 Å². The zero-order chi connectivity index (χ0) is 16.1. The number of anilines is 3. The molecular weight excluding hydrogens is 306 g/mol. The zero-order valence-corrected chi connectivity index (χ0v) is 14.7. The first kappa shape index (κ1) is 16.2. The summed E-state index contributed by atoms with van der Waals surface area (Å²) < 4.78 is 0. The minimum Gasteiger partial charge on any atom is -0.369 e. The van der Waals surface area contributed by atoms with Gasteiger partial charge in [0.1, 0.15) is 0 Å². The molecule has 1 fully saturated rings. The summed E-state index contributed by atoms with van der Waals surface area (Å²) in [7, 11) is 2.18. The molecular formula is C17H25N5S. The maximum atomic E-state index is 4.59. The molecule has 0 saturated carbocycles. The lowest BCUT2D eigenvalue weighted by molar-refractivity contribution is 0.313. The molecule has 0 bridgehead atoms. The quantitative estimate of drug-likeness (QED) is 0.852. The fraction of sp³-hybridized carbons (Fsp3) is 0.471. The van der Waals surface area contributed by atoms with Gasteiger partial charge in [-0.25, -0.2) is 4.98 Å². The molecule has 0 atom stereocenters. The van der Waals surface area contributed by atoms with Crippen LogP contribution in [0.25, 0.3) is 0 Å². The zero-order valence-electron chi connectivity index (χ0n) is 13.9. The summed E-state index contributed by atoms with van der Waals surface area (Å²) in [6.07, 6.45) is 0. The Hall–Kier alpha value is -1.63. The van der Waals surface area contributed by atoms with E-state index >= 15 is 0 Å². The van der Waals surface area contributed by atoms with Crippen molar-refractivity contribution in [2.24, 2.45) is 0 Å². The van der Waals surface area contributed by atoms with Crippen LogP contribution in [-0.2, 0) is 6.54 Å². The van der Waals surface area contributed by atoms with E-state index in [-0.39, 0.29) is 0 Å². The molecule has 2 heterocycles. The van der Waals surface area contributed by atoms with E-state index in [1.165, 1.54) is 5.69 Å². The number of nitrogens with one attached hydrogen (secondary N) is 2. The van der Waals surface area contributed by atoms with E-state index in [0.29, 0.717) is 0 Å². The molecule has 2 aromatic rings. The first-order valence-corrected chi connectivity index (χ1v) is 9.08. The Kier molecular flexibility index (Phi) is 5.48. The Morgan fingerprint density at radius 3 is 2.57 bits per heavy atom. The molecule has 1 aliphatic heterocycles. The van der Waals surface area contributed by atoms with Gasteiger partial charge in [0.25, 0.3) is 0 Å². The van der Waals surface area contributed by atoms with Gasteiger partial charge >= 0.3 is 0 Å². The Balaban J connectivity index is 1.58. The molecule has 1 aromatic carbocycles. The normalized spacial score (nSPS) is 15.8. The Morgan fingerprint density at radius 1 is 1.13 bits per heavy atom. The van der Waals surface area contributed by atoms with Gasteiger partial charge in [0.2, 0.25) is 0 Å². The second-order valence-corrected chi connectivity index (χ2v) is 6.74. The second kappa shape index (κ2) is 7.77. The predicted octanol–water partition coefficient (Wildman–Crippen LogP) is 2.75. The van der Waals surface area contributed by atoms with Gasteiger partial charge in [-0.3, -0.25) is 0 Å². The van der Waals surface area contributed by atoms with Crippen molar-refractivity contribution in [1.82, 2.24) is 15.2 Å². The van der Waals surface area contributed by atoms with E-state index in [1.807, 2.05) is 0 Å². The van der Waals surface area contributed by atoms with Gasteiger partial charge in [0.15, 0.2) is 5.13 Å². The molecule has 3 rings (SSSR count). The number of benzene rings is 1. The smallest absolute Gasteiger partial charge is 0.187 e. The van der Waals surface area contributed by atoms with E-state index < -0.39 is 0 Å². The number of hydrogen-bond donors (Lipinski definition) is 2. The van der Waals surface area contributed by atoms with Gasteiger partial charge in [-0.05, 0) is 37.9 Å². The molecule has 0 radical (unpaired) electrons. The largest absolute Gasteiger partial charge is 0.369 e. The van der Waals surface area contributed by atoms with E-state index in [9.17, 15) is 0 Å². The first-order valence-electron chi connectivity index (χ1n) is 8.20. The molecule has 0 aliphatic carbocycles. The predicted molar refractivity (Wildman–Crippen MR) is 98.9 cm³/mol. The lowest BCUT2D eigenvalue weighted by Gasteiger charge is -2.34. The van der Waals surface area contributed by atoms with Gasteiger partial charge < -0.3 is 20.4 Å². The molecule has 1 saturated heterocycles. The summed E-state index contributed by atoms with van der Waals surface area (Å²) in [6.45, 7) is 8.37. The van der Waals surface area contributed by atoms with Crippen LogP contribution in [0, 0.1) is 0 Å². The van der Waals surface area contributed by atoms with Crippen molar-refractivity contribution in [3.8, 4) is 0 Å². The maximum absolute atomic E-state index is 4.59. The lowest BCUT2D eigenvalue weighted by atomic mass is 10.2. The number of nitrogens with zero attached hydrogens (tertiary/aromatic N) is 3. The lowest BCUT2D eigenvalue weighted by Crippen LogP contribution is -2.44. The standard InChI is InChI=1S/C17H25N5S/c1-3-18-12-15-13-23-17(20-15)19-14-4-6-16(7-5-14)22-10-8-21(2)9-11-22/h4-7,13,18H,3,8-12H2,1-2H3,(H,19,20). The fourth-order valence-corrected chi connectivity index (χ4v) is 3.37. The molecule has 6 heteroatoms. The van der Waals surface area contributed by atoms with Crippen LogP contribution >= 0.6 is 11.3 Å². The molecule has 1 aliphatic rings. The van der Waals surface area contributed by atoms with Gasteiger partial charge in [-0.2, -0.15) is 0 Å².